The number of hydrogen-bond donors (Lipinski definition) is 3. The third-order valence-electron chi connectivity index (χ3n) is 4.34. The number of carbonyl (C=O) groups excluding carboxylic acids is 2. The highest BCUT2D eigenvalue weighted by Crippen LogP contribution is 2.31. The van der Waals surface area contributed by atoms with Gasteiger partial charge in [0.2, 0.25) is 0 Å². The van der Waals surface area contributed by atoms with Crippen molar-refractivity contribution in [3.8, 4) is 5.75 Å². The standard InChI is InChI=1S/C23H21FN4O3/c1-15-7-3-4-11-19(15)27-21-16(8-5-12-20(21)31-2)14-25-28-23(30)22(29)26-18-10-6-9-17(24)13-18/h3-14,27H,1-2H3,(H,26,29)(H,28,30)/b25-14-. The van der Waals surface area contributed by atoms with E-state index in [0.29, 0.717) is 17.0 Å². The van der Waals surface area contributed by atoms with Gasteiger partial charge < -0.3 is 15.4 Å². The molecule has 0 atom stereocenters. The molecule has 0 spiro atoms. The van der Waals surface area contributed by atoms with Crippen molar-refractivity contribution in [3.63, 3.8) is 0 Å². The number of amides is 2. The molecule has 31 heavy (non-hydrogen) atoms. The molecule has 0 saturated carbocycles. The van der Waals surface area contributed by atoms with E-state index in [9.17, 15) is 14.0 Å². The maximum Gasteiger partial charge on any atom is 0.329 e. The summed E-state index contributed by atoms with van der Waals surface area (Å²) in [6, 6.07) is 18.3. The van der Waals surface area contributed by atoms with Gasteiger partial charge in [-0.25, -0.2) is 9.82 Å². The van der Waals surface area contributed by atoms with Crippen molar-refractivity contribution in [2.45, 2.75) is 6.92 Å². The molecular weight excluding hydrogens is 399 g/mol. The summed E-state index contributed by atoms with van der Waals surface area (Å²) in [5.41, 5.74) is 5.55. The Labute approximate surface area is 178 Å². The molecule has 3 rings (SSSR count). The number of carbonyl (C=O) groups is 2. The lowest BCUT2D eigenvalue weighted by Gasteiger charge is -2.15. The molecule has 3 aromatic rings. The molecule has 0 aliphatic carbocycles. The molecular formula is C23H21FN4O3. The average Bonchev–Trinajstić information content (AvgIpc) is 2.76. The molecule has 158 valence electrons. The minimum Gasteiger partial charge on any atom is -0.495 e. The SMILES string of the molecule is COc1cccc(/C=N\NC(=O)C(=O)Nc2cccc(F)c2)c1Nc1ccccc1C. The lowest BCUT2D eigenvalue weighted by Crippen LogP contribution is -2.32. The fraction of sp³-hybridized carbons (Fsp3) is 0.0870. The van der Waals surface area contributed by atoms with Crippen LogP contribution in [-0.2, 0) is 9.59 Å². The number of aryl methyl sites for hydroxylation is 1. The summed E-state index contributed by atoms with van der Waals surface area (Å²) in [5.74, 6) is -1.89. The molecule has 0 aliphatic heterocycles. The van der Waals surface area contributed by atoms with Gasteiger partial charge in [-0.15, -0.1) is 0 Å². The van der Waals surface area contributed by atoms with Crippen molar-refractivity contribution in [1.82, 2.24) is 5.43 Å². The summed E-state index contributed by atoms with van der Waals surface area (Å²) < 4.78 is 18.6. The van der Waals surface area contributed by atoms with E-state index in [-0.39, 0.29) is 5.69 Å². The Morgan fingerprint density at radius 3 is 2.52 bits per heavy atom. The van der Waals surface area contributed by atoms with Crippen LogP contribution in [-0.4, -0.2) is 25.1 Å². The Morgan fingerprint density at radius 1 is 1.00 bits per heavy atom. The Hall–Kier alpha value is -4.20. The first-order chi connectivity index (χ1) is 15.0. The van der Waals surface area contributed by atoms with Crippen molar-refractivity contribution >= 4 is 35.1 Å². The van der Waals surface area contributed by atoms with Crippen LogP contribution in [0, 0.1) is 12.7 Å². The molecule has 0 saturated heterocycles. The lowest BCUT2D eigenvalue weighted by atomic mass is 10.1. The number of rotatable bonds is 6. The third kappa shape index (κ3) is 5.66. The number of hydrazone groups is 1. The first-order valence-corrected chi connectivity index (χ1v) is 9.37. The maximum atomic E-state index is 13.2. The minimum absolute atomic E-state index is 0.168. The van der Waals surface area contributed by atoms with Crippen LogP contribution in [0.3, 0.4) is 0 Å². The Kier molecular flexibility index (Phi) is 6.95. The molecule has 7 nitrogen and oxygen atoms in total. The Balaban J connectivity index is 1.72. The topological polar surface area (TPSA) is 91.8 Å². The molecule has 0 radical (unpaired) electrons. The number of methoxy groups -OCH3 is 1. The first kappa shape index (κ1) is 21.5. The monoisotopic (exact) mass is 420 g/mol. The van der Waals surface area contributed by atoms with Crippen LogP contribution in [0.25, 0.3) is 0 Å². The van der Waals surface area contributed by atoms with Crippen LogP contribution in [0.1, 0.15) is 11.1 Å². The van der Waals surface area contributed by atoms with Gasteiger partial charge in [0.25, 0.3) is 0 Å². The Morgan fingerprint density at radius 2 is 1.77 bits per heavy atom. The molecule has 3 N–H and O–H groups in total. The van der Waals surface area contributed by atoms with E-state index in [4.69, 9.17) is 4.74 Å². The minimum atomic E-state index is -0.989. The number of benzene rings is 3. The normalized spacial score (nSPS) is 10.5. The zero-order valence-electron chi connectivity index (χ0n) is 17.0. The van der Waals surface area contributed by atoms with Gasteiger partial charge in [-0.05, 0) is 42.8 Å². The number of para-hydroxylation sites is 2. The summed E-state index contributed by atoms with van der Waals surface area (Å²) >= 11 is 0. The molecule has 0 fully saturated rings. The molecule has 0 aromatic heterocycles. The number of hydrogen-bond acceptors (Lipinski definition) is 5. The van der Waals surface area contributed by atoms with Crippen LogP contribution in [0.2, 0.25) is 0 Å². The second kappa shape index (κ2) is 10.0. The van der Waals surface area contributed by atoms with Gasteiger partial charge >= 0.3 is 11.8 Å². The fourth-order valence-electron chi connectivity index (χ4n) is 2.77. The second-order valence-corrected chi connectivity index (χ2v) is 6.53. The molecule has 0 aliphatic rings. The van der Waals surface area contributed by atoms with Gasteiger partial charge in [-0.2, -0.15) is 5.10 Å². The van der Waals surface area contributed by atoms with Gasteiger partial charge in [-0.3, -0.25) is 9.59 Å². The average molecular weight is 420 g/mol. The Bertz CT molecular complexity index is 1130. The predicted molar refractivity (Wildman–Crippen MR) is 118 cm³/mol. The van der Waals surface area contributed by atoms with Crippen molar-refractivity contribution in [2.75, 3.05) is 17.7 Å². The molecule has 2 amide bonds. The molecule has 0 heterocycles. The van der Waals surface area contributed by atoms with Gasteiger partial charge in [0.15, 0.2) is 0 Å². The second-order valence-electron chi connectivity index (χ2n) is 6.53. The van der Waals surface area contributed by atoms with E-state index in [1.165, 1.54) is 24.4 Å². The van der Waals surface area contributed by atoms with Crippen molar-refractivity contribution < 1.29 is 18.7 Å². The van der Waals surface area contributed by atoms with Gasteiger partial charge in [-0.1, -0.05) is 36.4 Å². The number of ether oxygens (including phenoxy) is 1. The van der Waals surface area contributed by atoms with Crippen molar-refractivity contribution in [1.29, 1.82) is 0 Å². The van der Waals surface area contributed by atoms with E-state index in [2.05, 4.69) is 21.2 Å². The molecule has 0 unspecified atom stereocenters. The zero-order chi connectivity index (χ0) is 22.2. The molecule has 3 aromatic carbocycles. The number of nitrogens with one attached hydrogen (secondary N) is 3. The summed E-state index contributed by atoms with van der Waals surface area (Å²) in [6.07, 6.45) is 1.40. The summed E-state index contributed by atoms with van der Waals surface area (Å²) in [7, 11) is 1.55. The van der Waals surface area contributed by atoms with Crippen LogP contribution in [0.15, 0.2) is 71.8 Å². The highest BCUT2D eigenvalue weighted by Gasteiger charge is 2.14. The van der Waals surface area contributed by atoms with Gasteiger partial charge in [0.05, 0.1) is 19.0 Å². The molecule has 8 heteroatoms. The number of halogens is 1. The highest BCUT2D eigenvalue weighted by atomic mass is 19.1. The highest BCUT2D eigenvalue weighted by molar-refractivity contribution is 6.39. The van der Waals surface area contributed by atoms with Crippen LogP contribution >= 0.6 is 0 Å². The summed E-state index contributed by atoms with van der Waals surface area (Å²) in [6.45, 7) is 1.98. The number of anilines is 3. The largest absolute Gasteiger partial charge is 0.495 e. The van der Waals surface area contributed by atoms with Crippen LogP contribution in [0.4, 0.5) is 21.5 Å². The summed E-state index contributed by atoms with van der Waals surface area (Å²) in [5, 5.41) is 9.48. The van der Waals surface area contributed by atoms with Crippen LogP contribution < -0.4 is 20.8 Å². The third-order valence-corrected chi connectivity index (χ3v) is 4.34. The predicted octanol–water partition coefficient (Wildman–Crippen LogP) is 3.98. The van der Waals surface area contributed by atoms with Gasteiger partial charge in [0.1, 0.15) is 11.6 Å². The van der Waals surface area contributed by atoms with E-state index < -0.39 is 17.6 Å². The van der Waals surface area contributed by atoms with Crippen molar-refractivity contribution in [3.05, 3.63) is 83.7 Å². The van der Waals surface area contributed by atoms with Crippen LogP contribution in [0.5, 0.6) is 5.75 Å². The molecule has 0 bridgehead atoms. The van der Waals surface area contributed by atoms with Crippen molar-refractivity contribution in [2.24, 2.45) is 5.10 Å². The summed E-state index contributed by atoms with van der Waals surface area (Å²) in [4.78, 5) is 24.0. The van der Waals surface area contributed by atoms with E-state index in [0.717, 1.165) is 17.3 Å². The smallest absolute Gasteiger partial charge is 0.329 e. The first-order valence-electron chi connectivity index (χ1n) is 9.37. The van der Waals surface area contributed by atoms with E-state index >= 15 is 0 Å². The maximum absolute atomic E-state index is 13.2. The lowest BCUT2D eigenvalue weighted by molar-refractivity contribution is -0.136. The van der Waals surface area contributed by atoms with E-state index in [1.54, 1.807) is 25.3 Å². The quantitative estimate of drug-likeness (QED) is 0.320. The van der Waals surface area contributed by atoms with Gasteiger partial charge in [0, 0.05) is 16.9 Å². The van der Waals surface area contributed by atoms with E-state index in [1.807, 2.05) is 31.2 Å². The fourth-order valence-corrected chi connectivity index (χ4v) is 2.77. The zero-order valence-corrected chi connectivity index (χ0v) is 17.0. The number of nitrogens with zero attached hydrogens (tertiary/aromatic N) is 1.